The average Bonchev–Trinajstić information content (AvgIpc) is 3.66. The monoisotopic (exact) mass is 533 g/mol. The number of thiophene rings is 1. The van der Waals surface area contributed by atoms with Gasteiger partial charge in [0.05, 0.1) is 23.4 Å². The van der Waals surface area contributed by atoms with Crippen molar-refractivity contribution in [3.63, 3.8) is 0 Å². The second kappa shape index (κ2) is 11.0. The molecule has 1 aliphatic carbocycles. The predicted molar refractivity (Wildman–Crippen MR) is 152 cm³/mol. The van der Waals surface area contributed by atoms with Gasteiger partial charge in [-0.2, -0.15) is 0 Å². The molecule has 4 heterocycles. The highest BCUT2D eigenvalue weighted by Crippen LogP contribution is 2.36. The Morgan fingerprint density at radius 3 is 2.53 bits per heavy atom. The van der Waals surface area contributed by atoms with E-state index in [0.29, 0.717) is 24.6 Å². The van der Waals surface area contributed by atoms with Gasteiger partial charge in [-0.05, 0) is 54.8 Å². The standard InChI is InChI=1S/C28H35N7O2S/c29-6-5-20-3-4-21(26(30)36)15-23(20)27-31-24-16-22(18-34-9-7-33(8-10-34)17-19-1-2-19)38-25(24)28(32-27)35-11-13-37-14-12-35/h3-6,15-16,19H,1-2,7-14,17-18,29H2,(H2,30,36)/b6-5-. The summed E-state index contributed by atoms with van der Waals surface area (Å²) in [5.74, 6) is 1.94. The third-order valence-corrected chi connectivity index (χ3v) is 8.73. The Hall–Kier alpha value is -3.05. The van der Waals surface area contributed by atoms with Gasteiger partial charge in [0.1, 0.15) is 0 Å². The first-order valence-corrected chi connectivity index (χ1v) is 14.3. The molecule has 0 radical (unpaired) electrons. The molecule has 3 fully saturated rings. The SMILES string of the molecule is N/C=C\c1ccc(C(N)=O)cc1-c1nc(N2CCOCC2)c2sc(CN3CCN(CC4CC4)CC3)cc2n1. The zero-order valence-electron chi connectivity index (χ0n) is 21.6. The van der Waals surface area contributed by atoms with Crippen molar-refractivity contribution in [3.8, 4) is 11.4 Å². The number of carbonyl (C=O) groups is 1. The van der Waals surface area contributed by atoms with Crippen molar-refractivity contribution in [2.75, 3.05) is 63.9 Å². The van der Waals surface area contributed by atoms with Crippen molar-refractivity contribution in [2.24, 2.45) is 17.4 Å². The Morgan fingerprint density at radius 1 is 1.05 bits per heavy atom. The number of carbonyl (C=O) groups excluding carboxylic acids is 1. The van der Waals surface area contributed by atoms with Crippen molar-refractivity contribution in [3.05, 3.63) is 46.5 Å². The van der Waals surface area contributed by atoms with Crippen LogP contribution in [0.15, 0.2) is 30.5 Å². The van der Waals surface area contributed by atoms with Crippen LogP contribution in [0.25, 0.3) is 27.7 Å². The van der Waals surface area contributed by atoms with Crippen LogP contribution in [0, 0.1) is 5.92 Å². The minimum Gasteiger partial charge on any atom is -0.405 e. The smallest absolute Gasteiger partial charge is 0.248 e. The van der Waals surface area contributed by atoms with Crippen LogP contribution in [0.4, 0.5) is 5.82 Å². The maximum atomic E-state index is 12.0. The van der Waals surface area contributed by atoms with Crippen LogP contribution < -0.4 is 16.4 Å². The van der Waals surface area contributed by atoms with E-state index in [1.807, 2.05) is 6.07 Å². The highest BCUT2D eigenvalue weighted by Gasteiger charge is 2.27. The minimum absolute atomic E-state index is 0.414. The van der Waals surface area contributed by atoms with Gasteiger partial charge in [0.25, 0.3) is 0 Å². The fourth-order valence-corrected chi connectivity index (χ4v) is 6.48. The number of amides is 1. The third-order valence-electron chi connectivity index (χ3n) is 7.63. The van der Waals surface area contributed by atoms with Gasteiger partial charge in [0.2, 0.25) is 5.91 Å². The fraction of sp³-hybridized carbons (Fsp3) is 0.464. The normalized spacial score (nSPS) is 19.5. The topological polar surface area (TPSA) is 114 Å². The Morgan fingerprint density at radius 2 is 1.82 bits per heavy atom. The maximum Gasteiger partial charge on any atom is 0.248 e. The average molecular weight is 534 g/mol. The van der Waals surface area contributed by atoms with Crippen molar-refractivity contribution in [2.45, 2.75) is 19.4 Å². The molecule has 1 aromatic carbocycles. The van der Waals surface area contributed by atoms with Gasteiger partial charge in [0, 0.05) is 68.4 Å². The molecule has 1 amide bonds. The molecule has 6 rings (SSSR count). The number of aromatic nitrogens is 2. The zero-order chi connectivity index (χ0) is 26.1. The Labute approximate surface area is 227 Å². The molecule has 10 heteroatoms. The summed E-state index contributed by atoms with van der Waals surface area (Å²) >= 11 is 1.79. The van der Waals surface area contributed by atoms with Crippen LogP contribution in [-0.4, -0.2) is 84.7 Å². The lowest BCUT2D eigenvalue weighted by Crippen LogP contribution is -2.46. The predicted octanol–water partition coefficient (Wildman–Crippen LogP) is 2.75. The molecule has 0 atom stereocenters. The van der Waals surface area contributed by atoms with E-state index in [4.69, 9.17) is 26.2 Å². The molecule has 38 heavy (non-hydrogen) atoms. The lowest BCUT2D eigenvalue weighted by Gasteiger charge is -2.34. The van der Waals surface area contributed by atoms with Crippen LogP contribution in [0.3, 0.4) is 0 Å². The fourth-order valence-electron chi connectivity index (χ4n) is 5.32. The Bertz CT molecular complexity index is 1340. The lowest BCUT2D eigenvalue weighted by molar-refractivity contribution is 0.100. The van der Waals surface area contributed by atoms with Gasteiger partial charge in [0.15, 0.2) is 11.6 Å². The number of morpholine rings is 1. The Kier molecular flexibility index (Phi) is 7.29. The number of fused-ring (bicyclic) bond motifs is 1. The largest absolute Gasteiger partial charge is 0.405 e. The quantitative estimate of drug-likeness (QED) is 0.454. The summed E-state index contributed by atoms with van der Waals surface area (Å²) in [6.45, 7) is 9.59. The molecule has 2 aromatic heterocycles. The van der Waals surface area contributed by atoms with Gasteiger partial charge in [-0.3, -0.25) is 9.69 Å². The number of nitrogens with two attached hydrogens (primary N) is 2. The second-order valence-electron chi connectivity index (χ2n) is 10.4. The number of nitrogens with zero attached hydrogens (tertiary/aromatic N) is 5. The van der Waals surface area contributed by atoms with Crippen molar-refractivity contribution in [1.29, 1.82) is 0 Å². The summed E-state index contributed by atoms with van der Waals surface area (Å²) in [7, 11) is 0. The van der Waals surface area contributed by atoms with Gasteiger partial charge in [-0.1, -0.05) is 6.07 Å². The molecule has 2 saturated heterocycles. The van der Waals surface area contributed by atoms with E-state index in [2.05, 4.69) is 20.8 Å². The highest BCUT2D eigenvalue weighted by molar-refractivity contribution is 7.19. The zero-order valence-corrected chi connectivity index (χ0v) is 22.5. The van der Waals surface area contributed by atoms with Crippen molar-refractivity contribution >= 4 is 39.4 Å². The van der Waals surface area contributed by atoms with Gasteiger partial charge in [-0.15, -0.1) is 11.3 Å². The molecule has 0 unspecified atom stereocenters. The second-order valence-corrected chi connectivity index (χ2v) is 11.6. The summed E-state index contributed by atoms with van der Waals surface area (Å²) in [4.78, 5) is 30.8. The summed E-state index contributed by atoms with van der Waals surface area (Å²) in [5.41, 5.74) is 14.2. The molecule has 4 N–H and O–H groups in total. The number of hydrogen-bond acceptors (Lipinski definition) is 9. The Balaban J connectivity index is 1.34. The van der Waals surface area contributed by atoms with Crippen LogP contribution in [-0.2, 0) is 11.3 Å². The number of benzene rings is 1. The first-order chi connectivity index (χ1) is 18.6. The molecule has 1 saturated carbocycles. The number of rotatable bonds is 8. The van der Waals surface area contributed by atoms with E-state index in [-0.39, 0.29) is 0 Å². The van der Waals surface area contributed by atoms with Crippen LogP contribution in [0.2, 0.25) is 0 Å². The van der Waals surface area contributed by atoms with E-state index in [9.17, 15) is 4.79 Å². The van der Waals surface area contributed by atoms with Gasteiger partial charge < -0.3 is 26.0 Å². The van der Waals surface area contributed by atoms with E-state index < -0.39 is 5.91 Å². The van der Waals surface area contributed by atoms with Crippen molar-refractivity contribution in [1.82, 2.24) is 19.8 Å². The number of hydrogen-bond donors (Lipinski definition) is 2. The molecule has 0 spiro atoms. The first-order valence-electron chi connectivity index (χ1n) is 13.5. The molecule has 3 aliphatic rings. The maximum absolute atomic E-state index is 12.0. The highest BCUT2D eigenvalue weighted by atomic mass is 32.1. The van der Waals surface area contributed by atoms with Crippen LogP contribution in [0.5, 0.6) is 0 Å². The summed E-state index contributed by atoms with van der Waals surface area (Å²) in [6, 6.07) is 7.51. The number of primary amides is 1. The van der Waals surface area contributed by atoms with Gasteiger partial charge in [-0.25, -0.2) is 9.97 Å². The molecule has 2 aliphatic heterocycles. The van der Waals surface area contributed by atoms with Crippen LogP contribution >= 0.6 is 11.3 Å². The molecule has 3 aromatic rings. The molecule has 200 valence electrons. The number of anilines is 1. The molecular weight excluding hydrogens is 498 g/mol. The van der Waals surface area contributed by atoms with E-state index in [0.717, 1.165) is 78.9 Å². The van der Waals surface area contributed by atoms with E-state index in [1.54, 1.807) is 29.5 Å². The minimum atomic E-state index is -0.487. The molecule has 9 nitrogen and oxygen atoms in total. The molecular formula is C28H35N7O2S. The van der Waals surface area contributed by atoms with E-state index >= 15 is 0 Å². The number of piperazine rings is 1. The number of ether oxygens (including phenoxy) is 1. The first kappa shape index (κ1) is 25.2. The third kappa shape index (κ3) is 5.54. The van der Waals surface area contributed by atoms with Crippen LogP contribution in [0.1, 0.15) is 33.6 Å². The molecule has 0 bridgehead atoms. The summed E-state index contributed by atoms with van der Waals surface area (Å²) in [6.07, 6.45) is 6.10. The van der Waals surface area contributed by atoms with E-state index in [1.165, 1.54) is 30.5 Å². The lowest BCUT2D eigenvalue weighted by atomic mass is 10.0. The summed E-state index contributed by atoms with van der Waals surface area (Å²) < 4.78 is 6.71. The van der Waals surface area contributed by atoms with Crippen molar-refractivity contribution < 1.29 is 9.53 Å². The summed E-state index contributed by atoms with van der Waals surface area (Å²) in [5, 5.41) is 0. The van der Waals surface area contributed by atoms with Gasteiger partial charge >= 0.3 is 0 Å².